The van der Waals surface area contributed by atoms with Crippen molar-refractivity contribution in [3.63, 3.8) is 0 Å². The number of fused-ring (bicyclic) bond motifs is 5. The molecule has 0 spiro atoms. The van der Waals surface area contributed by atoms with Crippen molar-refractivity contribution >= 4 is 17.9 Å². The lowest BCUT2D eigenvalue weighted by molar-refractivity contribution is -0.198. The molecule has 7 unspecified atom stereocenters. The van der Waals surface area contributed by atoms with Crippen LogP contribution in [-0.4, -0.2) is 37.2 Å². The predicted octanol–water partition coefficient (Wildman–Crippen LogP) is 5.32. The van der Waals surface area contributed by atoms with Crippen LogP contribution < -0.4 is 0 Å². The van der Waals surface area contributed by atoms with Gasteiger partial charge in [-0.05, 0) is 92.3 Å². The van der Waals surface area contributed by atoms with Gasteiger partial charge in [-0.1, -0.05) is 20.8 Å². The highest BCUT2D eigenvalue weighted by molar-refractivity contribution is 5.69. The monoisotopic (exact) mass is 476 g/mol. The predicted molar refractivity (Wildman–Crippen MR) is 128 cm³/mol. The first-order chi connectivity index (χ1) is 16.0. The van der Waals surface area contributed by atoms with Gasteiger partial charge in [-0.25, -0.2) is 0 Å². The van der Waals surface area contributed by atoms with Crippen molar-refractivity contribution < 1.29 is 28.6 Å². The highest BCUT2D eigenvalue weighted by Crippen LogP contribution is 2.69. The maximum atomic E-state index is 12.3. The zero-order valence-corrected chi connectivity index (χ0v) is 21.9. The summed E-state index contributed by atoms with van der Waals surface area (Å²) >= 11 is 0. The summed E-state index contributed by atoms with van der Waals surface area (Å²) in [7, 11) is 1.45. The van der Waals surface area contributed by atoms with E-state index in [2.05, 4.69) is 20.8 Å². The van der Waals surface area contributed by atoms with Crippen molar-refractivity contribution in [2.75, 3.05) is 7.11 Å². The van der Waals surface area contributed by atoms with E-state index in [1.807, 2.05) is 0 Å². The molecule has 4 saturated carbocycles. The van der Waals surface area contributed by atoms with Crippen LogP contribution in [0.3, 0.4) is 0 Å². The van der Waals surface area contributed by atoms with Gasteiger partial charge in [0.1, 0.15) is 12.2 Å². The Morgan fingerprint density at radius 2 is 1.62 bits per heavy atom. The molecule has 6 nitrogen and oxygen atoms in total. The first kappa shape index (κ1) is 25.5. The number of carbonyl (C=O) groups excluding carboxylic acids is 3. The molecule has 0 aliphatic heterocycles. The van der Waals surface area contributed by atoms with Crippen LogP contribution in [0.1, 0.15) is 92.4 Å². The highest BCUT2D eigenvalue weighted by Gasteiger charge is 2.65. The Hall–Kier alpha value is -1.59. The van der Waals surface area contributed by atoms with Crippen molar-refractivity contribution in [1.29, 1.82) is 0 Å². The Balaban J connectivity index is 1.61. The van der Waals surface area contributed by atoms with Crippen LogP contribution in [0, 0.1) is 46.3 Å². The van der Waals surface area contributed by atoms with Gasteiger partial charge >= 0.3 is 17.9 Å². The minimum absolute atomic E-state index is 0.0419. The van der Waals surface area contributed by atoms with Crippen LogP contribution in [0.25, 0.3) is 0 Å². The molecule has 6 heteroatoms. The van der Waals surface area contributed by atoms with E-state index in [-0.39, 0.29) is 46.9 Å². The van der Waals surface area contributed by atoms with Crippen molar-refractivity contribution in [3.8, 4) is 0 Å². The minimum atomic E-state index is -0.203. The average molecular weight is 477 g/mol. The molecular weight excluding hydrogens is 432 g/mol. The van der Waals surface area contributed by atoms with E-state index in [4.69, 9.17) is 14.2 Å². The summed E-state index contributed by atoms with van der Waals surface area (Å²) in [6.07, 6.45) is 8.79. The lowest BCUT2D eigenvalue weighted by Gasteiger charge is -2.62. The van der Waals surface area contributed by atoms with Crippen LogP contribution in [0.15, 0.2) is 0 Å². The quantitative estimate of drug-likeness (QED) is 0.395. The third kappa shape index (κ3) is 4.28. The molecule has 4 aliphatic rings. The van der Waals surface area contributed by atoms with E-state index in [0.29, 0.717) is 36.0 Å². The number of rotatable bonds is 5. The molecule has 0 aromatic rings. The number of hydrogen-bond acceptors (Lipinski definition) is 6. The Bertz CT molecular complexity index is 809. The van der Waals surface area contributed by atoms with Gasteiger partial charge in [0.05, 0.1) is 7.11 Å². The number of hydrogen-bond donors (Lipinski definition) is 0. The fourth-order valence-corrected chi connectivity index (χ4v) is 9.32. The van der Waals surface area contributed by atoms with Gasteiger partial charge < -0.3 is 14.2 Å². The molecular formula is C28H44O6. The molecule has 4 fully saturated rings. The molecule has 0 N–H and O–H groups in total. The molecule has 0 radical (unpaired) electrons. The summed E-state index contributed by atoms with van der Waals surface area (Å²) in [5, 5.41) is 0. The third-order valence-corrected chi connectivity index (χ3v) is 10.8. The first-order valence-corrected chi connectivity index (χ1v) is 13.4. The summed E-state index contributed by atoms with van der Waals surface area (Å²) in [5.74, 6) is 2.19. The number of methoxy groups -OCH3 is 1. The van der Waals surface area contributed by atoms with Gasteiger partial charge in [0.15, 0.2) is 0 Å². The number of esters is 3. The summed E-state index contributed by atoms with van der Waals surface area (Å²) in [6, 6.07) is 0. The molecule has 0 aromatic carbocycles. The maximum absolute atomic E-state index is 12.3. The van der Waals surface area contributed by atoms with Crippen LogP contribution in [0.4, 0.5) is 0 Å². The Morgan fingerprint density at radius 1 is 0.912 bits per heavy atom. The molecule has 0 amide bonds. The van der Waals surface area contributed by atoms with Crippen LogP contribution in [0.5, 0.6) is 0 Å². The first-order valence-electron chi connectivity index (χ1n) is 13.4. The Kier molecular flexibility index (Phi) is 7.10. The van der Waals surface area contributed by atoms with E-state index in [0.717, 1.165) is 38.5 Å². The zero-order valence-electron chi connectivity index (χ0n) is 21.9. The Labute approximate surface area is 204 Å². The molecule has 0 aromatic heterocycles. The van der Waals surface area contributed by atoms with Crippen LogP contribution >= 0.6 is 0 Å². The second-order valence-corrected chi connectivity index (χ2v) is 12.3. The molecule has 4 rings (SSSR count). The lowest BCUT2D eigenvalue weighted by Crippen LogP contribution is -2.59. The minimum Gasteiger partial charge on any atom is -0.469 e. The van der Waals surface area contributed by atoms with Crippen LogP contribution in [-0.2, 0) is 28.6 Å². The smallest absolute Gasteiger partial charge is 0.305 e. The van der Waals surface area contributed by atoms with Gasteiger partial charge in [0.25, 0.3) is 0 Å². The molecule has 10 atom stereocenters. The zero-order chi connectivity index (χ0) is 24.8. The molecule has 34 heavy (non-hydrogen) atoms. The number of carbonyl (C=O) groups is 3. The second-order valence-electron chi connectivity index (χ2n) is 12.3. The average Bonchev–Trinajstić information content (AvgIpc) is 3.12. The topological polar surface area (TPSA) is 78.9 Å². The fraction of sp³-hybridized carbons (Fsp3) is 0.893. The second kappa shape index (κ2) is 9.46. The summed E-state index contributed by atoms with van der Waals surface area (Å²) < 4.78 is 16.7. The van der Waals surface area contributed by atoms with Crippen LogP contribution in [0.2, 0.25) is 0 Å². The highest BCUT2D eigenvalue weighted by atomic mass is 16.5. The molecule has 0 heterocycles. The van der Waals surface area contributed by atoms with Gasteiger partial charge in [-0.3, -0.25) is 14.4 Å². The van der Waals surface area contributed by atoms with Crippen molar-refractivity contribution in [1.82, 2.24) is 0 Å². The molecule has 0 saturated heterocycles. The van der Waals surface area contributed by atoms with E-state index >= 15 is 0 Å². The van der Waals surface area contributed by atoms with E-state index in [1.54, 1.807) is 0 Å². The van der Waals surface area contributed by atoms with E-state index in [1.165, 1.54) is 33.8 Å². The number of ether oxygens (including phenoxy) is 3. The normalized spacial score (nSPS) is 44.1. The fourth-order valence-electron chi connectivity index (χ4n) is 9.32. The molecule has 4 aliphatic carbocycles. The summed E-state index contributed by atoms with van der Waals surface area (Å²) in [6.45, 7) is 10.0. The van der Waals surface area contributed by atoms with E-state index < -0.39 is 0 Å². The third-order valence-electron chi connectivity index (χ3n) is 10.8. The largest absolute Gasteiger partial charge is 0.469 e. The van der Waals surface area contributed by atoms with Gasteiger partial charge in [-0.2, -0.15) is 0 Å². The standard InChI is InChI=1S/C28H44O6/c1-16(13-26(31)32-6)22-9-10-23-21-8-7-19-14-20(33-17(2)29)11-12-27(19,4)24(21)15-25(28(22,23)5)34-18(3)30/h16,19-25H,7-15H2,1-6H3/t16-,19?,20-,21?,22?,23?,24?,25+,27?,28?/m1/s1. The van der Waals surface area contributed by atoms with Gasteiger partial charge in [0, 0.05) is 25.7 Å². The van der Waals surface area contributed by atoms with E-state index in [9.17, 15) is 14.4 Å². The van der Waals surface area contributed by atoms with Crippen molar-refractivity contribution in [3.05, 3.63) is 0 Å². The van der Waals surface area contributed by atoms with Gasteiger partial charge in [-0.15, -0.1) is 0 Å². The summed E-state index contributed by atoms with van der Waals surface area (Å²) in [5.41, 5.74) is 0.0768. The lowest BCUT2D eigenvalue weighted by atomic mass is 9.43. The molecule has 0 bridgehead atoms. The van der Waals surface area contributed by atoms with Crippen molar-refractivity contribution in [2.24, 2.45) is 46.3 Å². The molecule has 192 valence electrons. The Morgan fingerprint density at radius 3 is 2.26 bits per heavy atom. The maximum Gasteiger partial charge on any atom is 0.305 e. The van der Waals surface area contributed by atoms with Gasteiger partial charge in [0.2, 0.25) is 0 Å². The summed E-state index contributed by atoms with van der Waals surface area (Å²) in [4.78, 5) is 35.9. The SMILES string of the molecule is COC(=O)C[C@@H](C)C1CCC2C3CCC4C[C@H](OC(C)=O)CCC4(C)C3C[C@H](OC(C)=O)C21C. The van der Waals surface area contributed by atoms with Crippen molar-refractivity contribution in [2.45, 2.75) is 105 Å².